The fourth-order valence-electron chi connectivity index (χ4n) is 2.15. The highest BCUT2D eigenvalue weighted by atomic mass is 79.9. The number of benzene rings is 1. The Hall–Kier alpha value is -0.820. The Morgan fingerprint density at radius 1 is 1.29 bits per heavy atom. The van der Waals surface area contributed by atoms with E-state index in [1.807, 2.05) is 12.1 Å². The summed E-state index contributed by atoms with van der Waals surface area (Å²) >= 11 is 3.43. The molecule has 0 spiro atoms. The average molecular weight is 293 g/mol. The van der Waals surface area contributed by atoms with E-state index in [0.717, 1.165) is 34.9 Å². The first-order chi connectivity index (χ1) is 8.16. The van der Waals surface area contributed by atoms with Crippen LogP contribution in [-0.2, 0) is 0 Å². The molecule has 0 bridgehead atoms. The molecule has 0 amide bonds. The van der Waals surface area contributed by atoms with E-state index in [4.69, 9.17) is 0 Å². The first-order valence-corrected chi connectivity index (χ1v) is 6.86. The SMILES string of the molecule is CC(=C=C1CCCCC1O)c1ccc(Br)cc1. The van der Waals surface area contributed by atoms with Crippen molar-refractivity contribution in [3.05, 3.63) is 45.6 Å². The van der Waals surface area contributed by atoms with Gasteiger partial charge in [-0.1, -0.05) is 34.5 Å². The van der Waals surface area contributed by atoms with Crippen molar-refractivity contribution in [3.8, 4) is 0 Å². The molecule has 1 nitrogen and oxygen atoms in total. The van der Waals surface area contributed by atoms with Gasteiger partial charge < -0.3 is 5.11 Å². The van der Waals surface area contributed by atoms with E-state index < -0.39 is 0 Å². The molecular weight excluding hydrogens is 276 g/mol. The fraction of sp³-hybridized carbons (Fsp3) is 0.400. The predicted octanol–water partition coefficient (Wildman–Crippen LogP) is 4.31. The van der Waals surface area contributed by atoms with Crippen LogP contribution in [0.1, 0.15) is 38.2 Å². The molecule has 0 saturated heterocycles. The van der Waals surface area contributed by atoms with E-state index in [9.17, 15) is 5.11 Å². The van der Waals surface area contributed by atoms with Crippen LogP contribution >= 0.6 is 15.9 Å². The van der Waals surface area contributed by atoms with Crippen molar-refractivity contribution in [2.24, 2.45) is 0 Å². The van der Waals surface area contributed by atoms with Gasteiger partial charge in [0.15, 0.2) is 0 Å². The Labute approximate surface area is 111 Å². The highest BCUT2D eigenvalue weighted by molar-refractivity contribution is 9.10. The Kier molecular flexibility index (Phi) is 4.22. The van der Waals surface area contributed by atoms with E-state index in [0.29, 0.717) is 0 Å². The van der Waals surface area contributed by atoms with Crippen LogP contribution in [0.4, 0.5) is 0 Å². The molecule has 1 N–H and O–H groups in total. The molecule has 1 aromatic carbocycles. The van der Waals surface area contributed by atoms with Gasteiger partial charge in [-0.15, -0.1) is 5.73 Å². The van der Waals surface area contributed by atoms with Gasteiger partial charge in [0.05, 0.1) is 6.10 Å². The molecule has 1 aliphatic carbocycles. The normalized spacial score (nSPS) is 19.9. The van der Waals surface area contributed by atoms with Crippen molar-refractivity contribution in [1.29, 1.82) is 0 Å². The lowest BCUT2D eigenvalue weighted by atomic mass is 9.92. The second-order valence-corrected chi connectivity index (χ2v) is 5.46. The van der Waals surface area contributed by atoms with Crippen LogP contribution in [0.25, 0.3) is 5.57 Å². The molecule has 1 aliphatic rings. The highest BCUT2D eigenvalue weighted by Gasteiger charge is 2.15. The minimum Gasteiger partial charge on any atom is -0.388 e. The maximum Gasteiger partial charge on any atom is 0.0823 e. The lowest BCUT2D eigenvalue weighted by Gasteiger charge is -2.18. The molecule has 0 aromatic heterocycles. The van der Waals surface area contributed by atoms with Crippen molar-refractivity contribution in [3.63, 3.8) is 0 Å². The Balaban J connectivity index is 2.31. The Morgan fingerprint density at radius 3 is 2.65 bits per heavy atom. The fourth-order valence-corrected chi connectivity index (χ4v) is 2.42. The zero-order chi connectivity index (χ0) is 12.3. The largest absolute Gasteiger partial charge is 0.388 e. The van der Waals surface area contributed by atoms with Gasteiger partial charge in [0, 0.05) is 10.0 Å². The summed E-state index contributed by atoms with van der Waals surface area (Å²) in [6.45, 7) is 2.05. The van der Waals surface area contributed by atoms with Crippen molar-refractivity contribution in [2.45, 2.75) is 38.7 Å². The summed E-state index contributed by atoms with van der Waals surface area (Å²) in [6, 6.07) is 8.20. The number of hydrogen-bond donors (Lipinski definition) is 1. The number of rotatable bonds is 1. The smallest absolute Gasteiger partial charge is 0.0823 e. The van der Waals surface area contributed by atoms with Gasteiger partial charge in [0.25, 0.3) is 0 Å². The number of halogens is 1. The summed E-state index contributed by atoms with van der Waals surface area (Å²) in [5.74, 6) is 0. The van der Waals surface area contributed by atoms with Gasteiger partial charge in [-0.2, -0.15) is 0 Å². The van der Waals surface area contributed by atoms with Crippen LogP contribution in [0.15, 0.2) is 40.0 Å². The van der Waals surface area contributed by atoms with E-state index >= 15 is 0 Å². The van der Waals surface area contributed by atoms with Crippen LogP contribution in [0, 0.1) is 0 Å². The third-order valence-corrected chi connectivity index (χ3v) is 3.73. The number of aliphatic hydroxyl groups is 1. The molecule has 1 fully saturated rings. The lowest BCUT2D eigenvalue weighted by molar-refractivity contribution is 0.179. The zero-order valence-electron chi connectivity index (χ0n) is 10.0. The van der Waals surface area contributed by atoms with Crippen molar-refractivity contribution >= 4 is 21.5 Å². The van der Waals surface area contributed by atoms with Gasteiger partial charge >= 0.3 is 0 Å². The van der Waals surface area contributed by atoms with Crippen LogP contribution < -0.4 is 0 Å². The molecule has 1 unspecified atom stereocenters. The molecular formula is C15H17BrO. The van der Waals surface area contributed by atoms with E-state index in [2.05, 4.69) is 40.7 Å². The van der Waals surface area contributed by atoms with Crippen LogP contribution in [0.3, 0.4) is 0 Å². The van der Waals surface area contributed by atoms with E-state index in [1.165, 1.54) is 12.0 Å². The van der Waals surface area contributed by atoms with Gasteiger partial charge in [-0.25, -0.2) is 0 Å². The van der Waals surface area contributed by atoms with Crippen LogP contribution in [-0.4, -0.2) is 11.2 Å². The van der Waals surface area contributed by atoms with Gasteiger partial charge in [-0.05, 0) is 49.5 Å². The average Bonchev–Trinajstić information content (AvgIpc) is 2.33. The van der Waals surface area contributed by atoms with Crippen molar-refractivity contribution in [2.75, 3.05) is 0 Å². The number of aliphatic hydroxyl groups excluding tert-OH is 1. The molecule has 0 radical (unpaired) electrons. The summed E-state index contributed by atoms with van der Waals surface area (Å²) in [6.07, 6.45) is 3.89. The summed E-state index contributed by atoms with van der Waals surface area (Å²) in [5, 5.41) is 9.89. The summed E-state index contributed by atoms with van der Waals surface area (Å²) in [7, 11) is 0. The molecule has 1 aromatic rings. The van der Waals surface area contributed by atoms with Crippen LogP contribution in [0.2, 0.25) is 0 Å². The monoisotopic (exact) mass is 292 g/mol. The van der Waals surface area contributed by atoms with E-state index in [-0.39, 0.29) is 6.10 Å². The number of hydrogen-bond acceptors (Lipinski definition) is 1. The predicted molar refractivity (Wildman–Crippen MR) is 74.7 cm³/mol. The minimum atomic E-state index is -0.283. The molecule has 2 rings (SSSR count). The van der Waals surface area contributed by atoms with Crippen molar-refractivity contribution in [1.82, 2.24) is 0 Å². The van der Waals surface area contributed by atoms with Gasteiger partial charge in [0.2, 0.25) is 0 Å². The molecule has 1 saturated carbocycles. The second-order valence-electron chi connectivity index (χ2n) is 4.54. The third kappa shape index (κ3) is 3.32. The first-order valence-electron chi connectivity index (χ1n) is 6.07. The molecule has 2 heteroatoms. The van der Waals surface area contributed by atoms with E-state index in [1.54, 1.807) is 0 Å². The molecule has 0 aliphatic heterocycles. The third-order valence-electron chi connectivity index (χ3n) is 3.20. The highest BCUT2D eigenvalue weighted by Crippen LogP contribution is 2.24. The molecule has 0 heterocycles. The molecule has 1 atom stereocenters. The summed E-state index contributed by atoms with van der Waals surface area (Å²) < 4.78 is 1.08. The summed E-state index contributed by atoms with van der Waals surface area (Å²) in [4.78, 5) is 0. The zero-order valence-corrected chi connectivity index (χ0v) is 11.6. The second kappa shape index (κ2) is 5.68. The standard InChI is InChI=1S/C15H17BrO/c1-11(12-6-8-14(16)9-7-12)10-13-4-2-3-5-15(13)17/h6-9,15,17H,2-5H2,1H3. The van der Waals surface area contributed by atoms with Crippen LogP contribution in [0.5, 0.6) is 0 Å². The van der Waals surface area contributed by atoms with Gasteiger partial charge in [-0.3, -0.25) is 0 Å². The van der Waals surface area contributed by atoms with Gasteiger partial charge in [0.1, 0.15) is 0 Å². The maximum absolute atomic E-state index is 9.89. The quantitative estimate of drug-likeness (QED) is 0.765. The molecule has 90 valence electrons. The maximum atomic E-state index is 9.89. The summed E-state index contributed by atoms with van der Waals surface area (Å²) in [5.41, 5.74) is 6.71. The topological polar surface area (TPSA) is 20.2 Å². The minimum absolute atomic E-state index is 0.283. The first kappa shape index (κ1) is 12.6. The lowest BCUT2D eigenvalue weighted by Crippen LogP contribution is -2.14. The Morgan fingerprint density at radius 2 is 2.00 bits per heavy atom. The Bertz CT molecular complexity index is 452. The molecule has 17 heavy (non-hydrogen) atoms. The van der Waals surface area contributed by atoms with Crippen molar-refractivity contribution < 1.29 is 5.11 Å².